The largest absolute Gasteiger partial charge is 0.494 e. The molecule has 0 aliphatic rings. The standard InChI is InChI=1S/C16H20N2O4/c1-3-4-9-22-12-7-5-11(6-8-12)10-17-13-14(18(2)21)16(20)15(13)19/h5-8,17,21H,3-4,9-10H2,1-2H3. The van der Waals surface area contributed by atoms with Crippen molar-refractivity contribution in [2.24, 2.45) is 0 Å². The van der Waals surface area contributed by atoms with Gasteiger partial charge in [0.25, 0.3) is 10.9 Å². The Kier molecular flexibility index (Phi) is 5.16. The molecule has 0 saturated carbocycles. The van der Waals surface area contributed by atoms with E-state index >= 15 is 0 Å². The molecule has 6 heteroatoms. The first-order valence-electron chi connectivity index (χ1n) is 7.26. The lowest BCUT2D eigenvalue weighted by Gasteiger charge is -2.17. The molecule has 0 amide bonds. The van der Waals surface area contributed by atoms with Gasteiger partial charge < -0.3 is 10.1 Å². The van der Waals surface area contributed by atoms with E-state index in [1.807, 2.05) is 24.3 Å². The monoisotopic (exact) mass is 304 g/mol. The van der Waals surface area contributed by atoms with E-state index in [2.05, 4.69) is 12.2 Å². The molecule has 118 valence electrons. The van der Waals surface area contributed by atoms with Gasteiger partial charge in [-0.2, -0.15) is 0 Å². The summed E-state index contributed by atoms with van der Waals surface area (Å²) in [5.74, 6) is 0.807. The third-order valence-corrected chi connectivity index (χ3v) is 3.37. The minimum absolute atomic E-state index is 0.00418. The van der Waals surface area contributed by atoms with E-state index in [9.17, 15) is 14.8 Å². The Bertz CT molecular complexity index is 685. The van der Waals surface area contributed by atoms with Crippen LogP contribution in [-0.2, 0) is 6.54 Å². The molecule has 2 aromatic carbocycles. The molecule has 0 spiro atoms. The molecule has 2 aromatic rings. The van der Waals surface area contributed by atoms with Crippen molar-refractivity contribution in [1.29, 1.82) is 0 Å². The molecular weight excluding hydrogens is 284 g/mol. The lowest BCUT2D eigenvalue weighted by molar-refractivity contribution is 0.278. The van der Waals surface area contributed by atoms with Crippen molar-refractivity contribution in [2.45, 2.75) is 26.3 Å². The van der Waals surface area contributed by atoms with Gasteiger partial charge in [-0.1, -0.05) is 25.5 Å². The van der Waals surface area contributed by atoms with Gasteiger partial charge >= 0.3 is 0 Å². The highest BCUT2D eigenvalue weighted by atomic mass is 16.5. The first-order chi connectivity index (χ1) is 10.5. The average Bonchev–Trinajstić information content (AvgIpc) is 2.51. The Morgan fingerprint density at radius 3 is 2.45 bits per heavy atom. The molecule has 22 heavy (non-hydrogen) atoms. The summed E-state index contributed by atoms with van der Waals surface area (Å²) in [6, 6.07) is 7.52. The number of nitrogens with zero attached hydrogens (tertiary/aromatic N) is 1. The van der Waals surface area contributed by atoms with E-state index in [4.69, 9.17) is 4.74 Å². The van der Waals surface area contributed by atoms with Gasteiger partial charge in [-0.3, -0.25) is 19.9 Å². The minimum Gasteiger partial charge on any atom is -0.494 e. The van der Waals surface area contributed by atoms with E-state index in [1.165, 1.54) is 7.05 Å². The quantitative estimate of drug-likeness (QED) is 0.440. The first kappa shape index (κ1) is 16.0. The minimum atomic E-state index is -0.674. The van der Waals surface area contributed by atoms with Crippen LogP contribution in [-0.4, -0.2) is 18.9 Å². The van der Waals surface area contributed by atoms with Crippen LogP contribution in [0.5, 0.6) is 5.75 Å². The van der Waals surface area contributed by atoms with Gasteiger partial charge in [-0.05, 0) is 24.1 Å². The Morgan fingerprint density at radius 1 is 1.18 bits per heavy atom. The number of hydrogen-bond donors (Lipinski definition) is 2. The summed E-state index contributed by atoms with van der Waals surface area (Å²) in [6.07, 6.45) is 2.11. The number of anilines is 2. The lowest BCUT2D eigenvalue weighted by atomic mass is 10.1. The van der Waals surface area contributed by atoms with Crippen LogP contribution < -0.4 is 26.0 Å². The smallest absolute Gasteiger partial charge is 0.255 e. The van der Waals surface area contributed by atoms with E-state index in [0.29, 0.717) is 18.2 Å². The third-order valence-electron chi connectivity index (χ3n) is 3.37. The Hall–Kier alpha value is -2.34. The SMILES string of the molecule is CCCCOc1ccc(CNc2c(N(C)O)c(=O)c2=O)cc1. The van der Waals surface area contributed by atoms with Gasteiger partial charge in [-0.25, -0.2) is 0 Å². The Labute approximate surface area is 128 Å². The molecule has 0 aromatic heterocycles. The second-order valence-electron chi connectivity index (χ2n) is 5.10. The van der Waals surface area contributed by atoms with Crippen molar-refractivity contribution in [3.63, 3.8) is 0 Å². The zero-order valence-electron chi connectivity index (χ0n) is 12.8. The molecule has 0 radical (unpaired) electrons. The second-order valence-corrected chi connectivity index (χ2v) is 5.10. The van der Waals surface area contributed by atoms with Gasteiger partial charge in [-0.15, -0.1) is 0 Å². The lowest BCUT2D eigenvalue weighted by Crippen LogP contribution is -2.40. The Morgan fingerprint density at radius 2 is 1.86 bits per heavy atom. The van der Waals surface area contributed by atoms with Crippen molar-refractivity contribution in [3.8, 4) is 5.75 Å². The maximum absolute atomic E-state index is 11.5. The second kappa shape index (κ2) is 7.09. The van der Waals surface area contributed by atoms with Gasteiger partial charge in [0, 0.05) is 13.6 Å². The van der Waals surface area contributed by atoms with Crippen LogP contribution in [0.15, 0.2) is 33.9 Å². The predicted octanol–water partition coefficient (Wildman–Crippen LogP) is 1.90. The van der Waals surface area contributed by atoms with E-state index in [-0.39, 0.29) is 11.4 Å². The summed E-state index contributed by atoms with van der Waals surface area (Å²) in [6.45, 7) is 3.20. The molecule has 0 heterocycles. The summed E-state index contributed by atoms with van der Waals surface area (Å²) in [5.41, 5.74) is -0.173. The normalized spacial score (nSPS) is 10.7. The molecule has 6 nitrogen and oxygen atoms in total. The van der Waals surface area contributed by atoms with Gasteiger partial charge in [0.2, 0.25) is 0 Å². The van der Waals surface area contributed by atoms with Crippen LogP contribution >= 0.6 is 0 Å². The molecule has 2 N–H and O–H groups in total. The van der Waals surface area contributed by atoms with E-state index in [1.54, 1.807) is 0 Å². The summed E-state index contributed by atoms with van der Waals surface area (Å²) in [7, 11) is 1.31. The van der Waals surface area contributed by atoms with Crippen LogP contribution in [0.1, 0.15) is 25.3 Å². The molecule has 0 saturated heterocycles. The van der Waals surface area contributed by atoms with Gasteiger partial charge in [0.15, 0.2) is 0 Å². The van der Waals surface area contributed by atoms with Crippen molar-refractivity contribution < 1.29 is 9.94 Å². The number of rotatable bonds is 8. The van der Waals surface area contributed by atoms with Crippen LogP contribution in [0, 0.1) is 0 Å². The molecular formula is C16H20N2O4. The van der Waals surface area contributed by atoms with Crippen LogP contribution in [0.25, 0.3) is 0 Å². The fourth-order valence-corrected chi connectivity index (χ4v) is 2.08. The number of benzene rings is 1. The van der Waals surface area contributed by atoms with Crippen molar-refractivity contribution in [2.75, 3.05) is 24.0 Å². The van der Waals surface area contributed by atoms with Crippen molar-refractivity contribution in [3.05, 3.63) is 50.3 Å². The molecule has 0 aliphatic carbocycles. The fraction of sp³-hybridized carbons (Fsp3) is 0.375. The molecule has 0 unspecified atom stereocenters. The zero-order valence-corrected chi connectivity index (χ0v) is 12.8. The highest BCUT2D eigenvalue weighted by molar-refractivity contribution is 5.73. The summed E-state index contributed by atoms with van der Waals surface area (Å²) >= 11 is 0. The number of hydrogen-bond acceptors (Lipinski definition) is 6. The number of ether oxygens (including phenoxy) is 1. The van der Waals surface area contributed by atoms with Crippen molar-refractivity contribution >= 4 is 11.4 Å². The molecule has 0 atom stereocenters. The van der Waals surface area contributed by atoms with E-state index < -0.39 is 10.9 Å². The predicted molar refractivity (Wildman–Crippen MR) is 85.7 cm³/mol. The summed E-state index contributed by atoms with van der Waals surface area (Å²) in [4.78, 5) is 22.8. The van der Waals surface area contributed by atoms with E-state index in [0.717, 1.165) is 24.2 Å². The highest BCUT2D eigenvalue weighted by Gasteiger charge is 2.23. The van der Waals surface area contributed by atoms with Gasteiger partial charge in [0.1, 0.15) is 17.1 Å². The van der Waals surface area contributed by atoms with Crippen LogP contribution in [0.2, 0.25) is 0 Å². The van der Waals surface area contributed by atoms with Crippen molar-refractivity contribution in [1.82, 2.24) is 0 Å². The zero-order chi connectivity index (χ0) is 16.1. The van der Waals surface area contributed by atoms with Crippen LogP contribution in [0.4, 0.5) is 11.4 Å². The van der Waals surface area contributed by atoms with Gasteiger partial charge in [0.05, 0.1) is 6.61 Å². The molecule has 2 rings (SSSR count). The fourth-order valence-electron chi connectivity index (χ4n) is 2.08. The topological polar surface area (TPSA) is 78.9 Å². The number of nitrogens with one attached hydrogen (secondary N) is 1. The average molecular weight is 304 g/mol. The highest BCUT2D eigenvalue weighted by Crippen LogP contribution is 2.19. The maximum atomic E-state index is 11.5. The molecule has 0 fully saturated rings. The Balaban J connectivity index is 1.94. The maximum Gasteiger partial charge on any atom is 0.255 e. The molecule has 0 aliphatic heterocycles. The number of unbranched alkanes of at least 4 members (excludes halogenated alkanes) is 1. The summed E-state index contributed by atoms with van der Waals surface area (Å²) in [5, 5.41) is 12.9. The third kappa shape index (κ3) is 3.46. The summed E-state index contributed by atoms with van der Waals surface area (Å²) < 4.78 is 5.57. The number of hydroxylamine groups is 1. The first-order valence-corrected chi connectivity index (χ1v) is 7.26. The molecule has 0 bridgehead atoms. The van der Waals surface area contributed by atoms with Crippen LogP contribution in [0.3, 0.4) is 0 Å².